The van der Waals surface area contributed by atoms with Gasteiger partial charge in [-0.2, -0.15) is 11.3 Å². The van der Waals surface area contributed by atoms with Crippen molar-refractivity contribution in [3.8, 4) is 0 Å². The second kappa shape index (κ2) is 2.72. The highest BCUT2D eigenvalue weighted by Crippen LogP contribution is 2.17. The summed E-state index contributed by atoms with van der Waals surface area (Å²) in [6, 6.07) is 2.19. The first-order valence-electron chi connectivity index (χ1n) is 3.58. The lowest BCUT2D eigenvalue weighted by Crippen LogP contribution is -1.88. The van der Waals surface area contributed by atoms with Crippen molar-refractivity contribution in [2.75, 3.05) is 6.61 Å². The predicted molar refractivity (Wildman–Crippen MR) is 42.4 cm³/mol. The number of hydrogen-bond donors (Lipinski definition) is 0. The third kappa shape index (κ3) is 1.58. The Bertz CT molecular complexity index is 189. The summed E-state index contributed by atoms with van der Waals surface area (Å²) in [5, 5.41) is 4.34. The molecule has 0 unspecified atom stereocenters. The quantitative estimate of drug-likeness (QED) is 0.607. The van der Waals surface area contributed by atoms with Gasteiger partial charge in [-0.1, -0.05) is 0 Å². The molecular weight excluding hydrogens is 144 g/mol. The van der Waals surface area contributed by atoms with Gasteiger partial charge >= 0.3 is 0 Å². The lowest BCUT2D eigenvalue weighted by atomic mass is 10.1. The Balaban J connectivity index is 1.79. The smallest absolute Gasteiger partial charge is 0.0813 e. The second-order valence-electron chi connectivity index (χ2n) is 2.63. The molecule has 0 saturated carbocycles. The van der Waals surface area contributed by atoms with Crippen LogP contribution in [0.25, 0.3) is 0 Å². The summed E-state index contributed by atoms with van der Waals surface area (Å²) in [5.41, 5.74) is 1.46. The number of hydrogen-bond acceptors (Lipinski definition) is 2. The molecule has 0 radical (unpaired) electrons. The molecule has 1 atom stereocenters. The van der Waals surface area contributed by atoms with Crippen molar-refractivity contribution in [3.63, 3.8) is 0 Å². The van der Waals surface area contributed by atoms with E-state index in [2.05, 4.69) is 16.8 Å². The van der Waals surface area contributed by atoms with E-state index in [1.807, 2.05) is 0 Å². The van der Waals surface area contributed by atoms with Crippen molar-refractivity contribution in [2.24, 2.45) is 0 Å². The Hall–Kier alpha value is -0.340. The summed E-state index contributed by atoms with van der Waals surface area (Å²) in [6.45, 7) is 0.990. The van der Waals surface area contributed by atoms with Crippen LogP contribution >= 0.6 is 11.3 Å². The second-order valence-corrected chi connectivity index (χ2v) is 3.41. The lowest BCUT2D eigenvalue weighted by molar-refractivity contribution is 0.397. The van der Waals surface area contributed by atoms with E-state index in [-0.39, 0.29) is 0 Å². The summed E-state index contributed by atoms with van der Waals surface area (Å²) < 4.78 is 5.11. The molecular formula is C8H10OS. The minimum Gasteiger partial charge on any atom is -0.373 e. The average Bonchev–Trinajstić information content (AvgIpc) is 2.63. The van der Waals surface area contributed by atoms with Crippen molar-refractivity contribution < 1.29 is 4.74 Å². The normalized spacial score (nSPS) is 23.0. The lowest BCUT2D eigenvalue weighted by Gasteiger charge is -1.90. The fourth-order valence-electron chi connectivity index (χ4n) is 0.997. The molecule has 0 bridgehead atoms. The minimum absolute atomic E-state index is 0.583. The van der Waals surface area contributed by atoms with Gasteiger partial charge in [-0.15, -0.1) is 0 Å². The summed E-state index contributed by atoms with van der Waals surface area (Å²) in [5.74, 6) is 0. The standard InChI is InChI=1S/C8H10OS/c1(2-8-5-9-8)7-3-4-10-6-7/h3-4,6,8H,1-2,5H2/t8-/m1/s1. The van der Waals surface area contributed by atoms with E-state index < -0.39 is 0 Å². The largest absolute Gasteiger partial charge is 0.373 e. The van der Waals surface area contributed by atoms with E-state index in [0.29, 0.717) is 6.10 Å². The molecule has 0 aromatic carbocycles. The van der Waals surface area contributed by atoms with Gasteiger partial charge in [0.2, 0.25) is 0 Å². The van der Waals surface area contributed by atoms with Gasteiger partial charge in [0.15, 0.2) is 0 Å². The maximum absolute atomic E-state index is 5.11. The molecule has 1 fully saturated rings. The van der Waals surface area contributed by atoms with E-state index in [9.17, 15) is 0 Å². The van der Waals surface area contributed by atoms with E-state index >= 15 is 0 Å². The van der Waals surface area contributed by atoms with Crippen LogP contribution < -0.4 is 0 Å². The van der Waals surface area contributed by atoms with Crippen molar-refractivity contribution in [2.45, 2.75) is 18.9 Å². The van der Waals surface area contributed by atoms with Crippen LogP contribution in [0.1, 0.15) is 12.0 Å². The highest BCUT2D eigenvalue weighted by atomic mass is 32.1. The Morgan fingerprint density at radius 2 is 2.60 bits per heavy atom. The van der Waals surface area contributed by atoms with Crippen molar-refractivity contribution >= 4 is 11.3 Å². The SMILES string of the molecule is c1cc(CC[C@@H]2CO2)cs1. The maximum Gasteiger partial charge on any atom is 0.0813 e. The first-order chi connectivity index (χ1) is 4.95. The van der Waals surface area contributed by atoms with Gasteiger partial charge < -0.3 is 4.74 Å². The molecule has 2 rings (SSSR count). The third-order valence-corrected chi connectivity index (χ3v) is 2.47. The van der Waals surface area contributed by atoms with E-state index in [0.717, 1.165) is 6.61 Å². The molecule has 1 nitrogen and oxygen atoms in total. The van der Waals surface area contributed by atoms with Gasteiger partial charge in [0.25, 0.3) is 0 Å². The zero-order valence-electron chi connectivity index (χ0n) is 5.75. The summed E-state index contributed by atoms with van der Waals surface area (Å²) >= 11 is 1.77. The average molecular weight is 154 g/mol. The number of aryl methyl sites for hydroxylation is 1. The van der Waals surface area contributed by atoms with Gasteiger partial charge in [-0.25, -0.2) is 0 Å². The number of ether oxygens (including phenoxy) is 1. The maximum atomic E-state index is 5.11. The summed E-state index contributed by atoms with van der Waals surface area (Å²) in [6.07, 6.45) is 2.98. The van der Waals surface area contributed by atoms with Crippen LogP contribution in [0.3, 0.4) is 0 Å². The van der Waals surface area contributed by atoms with Crippen molar-refractivity contribution in [3.05, 3.63) is 22.4 Å². The summed E-state index contributed by atoms with van der Waals surface area (Å²) in [4.78, 5) is 0. The molecule has 0 spiro atoms. The van der Waals surface area contributed by atoms with E-state index in [1.54, 1.807) is 11.3 Å². The Labute approximate surface area is 64.6 Å². The number of thiophene rings is 1. The molecule has 1 aliphatic heterocycles. The van der Waals surface area contributed by atoms with E-state index in [1.165, 1.54) is 18.4 Å². The van der Waals surface area contributed by atoms with Crippen LogP contribution in [0.15, 0.2) is 16.8 Å². The third-order valence-electron chi connectivity index (χ3n) is 1.74. The molecule has 0 aliphatic carbocycles. The Morgan fingerprint density at radius 3 is 3.20 bits per heavy atom. The van der Waals surface area contributed by atoms with Gasteiger partial charge in [-0.3, -0.25) is 0 Å². The molecule has 10 heavy (non-hydrogen) atoms. The zero-order valence-corrected chi connectivity index (χ0v) is 6.56. The van der Waals surface area contributed by atoms with Crippen LogP contribution in [-0.2, 0) is 11.2 Å². The monoisotopic (exact) mass is 154 g/mol. The van der Waals surface area contributed by atoms with Gasteiger partial charge in [-0.05, 0) is 35.2 Å². The number of rotatable bonds is 3. The first-order valence-corrected chi connectivity index (χ1v) is 4.52. The molecule has 1 aromatic rings. The highest BCUT2D eigenvalue weighted by Gasteiger charge is 2.21. The van der Waals surface area contributed by atoms with Crippen LogP contribution in [0.2, 0.25) is 0 Å². The molecule has 0 amide bonds. The molecule has 54 valence electrons. The first kappa shape index (κ1) is 6.38. The summed E-state index contributed by atoms with van der Waals surface area (Å²) in [7, 11) is 0. The zero-order chi connectivity index (χ0) is 6.81. The van der Waals surface area contributed by atoms with E-state index in [4.69, 9.17) is 4.74 Å². The Kier molecular flexibility index (Phi) is 1.74. The molecule has 1 aromatic heterocycles. The van der Waals surface area contributed by atoms with Crippen molar-refractivity contribution in [1.82, 2.24) is 0 Å². The van der Waals surface area contributed by atoms with Crippen LogP contribution in [0.5, 0.6) is 0 Å². The molecule has 0 N–H and O–H groups in total. The van der Waals surface area contributed by atoms with Gasteiger partial charge in [0.05, 0.1) is 12.7 Å². The van der Waals surface area contributed by atoms with Crippen LogP contribution in [-0.4, -0.2) is 12.7 Å². The topological polar surface area (TPSA) is 12.5 Å². The van der Waals surface area contributed by atoms with Crippen molar-refractivity contribution in [1.29, 1.82) is 0 Å². The molecule has 1 saturated heterocycles. The minimum atomic E-state index is 0.583. The Morgan fingerprint density at radius 1 is 1.70 bits per heavy atom. The van der Waals surface area contributed by atoms with Crippen LogP contribution in [0.4, 0.5) is 0 Å². The van der Waals surface area contributed by atoms with Gasteiger partial charge in [0.1, 0.15) is 0 Å². The molecule has 1 aliphatic rings. The number of epoxide rings is 1. The highest BCUT2D eigenvalue weighted by molar-refractivity contribution is 7.07. The fraction of sp³-hybridized carbons (Fsp3) is 0.500. The fourth-order valence-corrected chi connectivity index (χ4v) is 1.70. The molecule has 2 heteroatoms. The van der Waals surface area contributed by atoms with Crippen LogP contribution in [0, 0.1) is 0 Å². The van der Waals surface area contributed by atoms with Gasteiger partial charge in [0, 0.05) is 0 Å². The molecule has 2 heterocycles. The predicted octanol–water partition coefficient (Wildman–Crippen LogP) is 2.08.